The van der Waals surface area contributed by atoms with Gasteiger partial charge in [0, 0.05) is 13.2 Å². The van der Waals surface area contributed by atoms with Gasteiger partial charge in [0.15, 0.2) is 0 Å². The van der Waals surface area contributed by atoms with E-state index in [4.69, 9.17) is 4.74 Å². The van der Waals surface area contributed by atoms with E-state index in [-0.39, 0.29) is 36.2 Å². The number of hydrogen-bond donors (Lipinski definition) is 0. The summed E-state index contributed by atoms with van der Waals surface area (Å²) in [5.41, 5.74) is 0. The van der Waals surface area contributed by atoms with Crippen LogP contribution in [0, 0.1) is 0 Å². The molecule has 0 aliphatic carbocycles. The molecule has 160 valence electrons. The molecule has 0 fully saturated rings. The van der Waals surface area contributed by atoms with Crippen LogP contribution in [-0.4, -0.2) is 32.8 Å². The summed E-state index contributed by atoms with van der Waals surface area (Å²) in [6.45, 7) is 8.52. The van der Waals surface area contributed by atoms with Crippen LogP contribution in [0.4, 0.5) is 0 Å². The molecular weight excluding hydrogens is 375 g/mol. The van der Waals surface area contributed by atoms with E-state index in [1.165, 1.54) is 70.6 Å². The zero-order valence-corrected chi connectivity index (χ0v) is 21.3. The fraction of sp³-hybridized carbons (Fsp3) is 1.00. The number of ether oxygens (including phenoxy) is 1. The second kappa shape index (κ2) is 26.8. The molecule has 0 bridgehead atoms. The van der Waals surface area contributed by atoms with Gasteiger partial charge in [-0.15, -0.1) is 0 Å². The number of rotatable bonds is 18. The summed E-state index contributed by atoms with van der Waals surface area (Å²) in [5, 5.41) is 0. The van der Waals surface area contributed by atoms with Gasteiger partial charge in [0.05, 0.1) is 6.61 Å². The molecule has 0 rings (SSSR count). The SMILES string of the molecule is CCCCCCCCCCCCOS(=O)(=O)[O-].CCCCOCCCC.[Na+]. The Bertz CT molecular complexity index is 344. The first-order chi connectivity index (χ1) is 12.5. The second-order valence-electron chi connectivity index (χ2n) is 6.73. The zero-order valence-electron chi connectivity index (χ0n) is 18.5. The van der Waals surface area contributed by atoms with Gasteiger partial charge < -0.3 is 9.29 Å². The van der Waals surface area contributed by atoms with Crippen LogP contribution in [0.3, 0.4) is 0 Å². The summed E-state index contributed by atoms with van der Waals surface area (Å²) in [4.78, 5) is 0. The van der Waals surface area contributed by atoms with Crippen LogP contribution >= 0.6 is 0 Å². The molecule has 0 aromatic heterocycles. The van der Waals surface area contributed by atoms with Gasteiger partial charge in [-0.2, -0.15) is 0 Å². The Hall–Kier alpha value is 0.830. The maximum Gasteiger partial charge on any atom is 1.00 e. The molecule has 0 unspecified atom stereocenters. The van der Waals surface area contributed by atoms with Crippen LogP contribution in [0.25, 0.3) is 0 Å². The maximum absolute atomic E-state index is 10.1. The standard InChI is InChI=1S/C12H26O4S.C8H18O.Na/c1-2-3-4-5-6-7-8-9-10-11-12-16-17(13,14)15;1-3-5-7-9-8-6-4-2;/h2-12H2,1H3,(H,13,14,15);3-8H2,1-2H3;/q;;+1/p-1. The first kappa shape index (κ1) is 32.5. The number of unbranched alkanes of at least 4 members (excludes halogenated alkanes) is 11. The first-order valence-corrected chi connectivity index (χ1v) is 12.0. The molecule has 0 saturated carbocycles. The maximum atomic E-state index is 10.1. The van der Waals surface area contributed by atoms with E-state index in [9.17, 15) is 13.0 Å². The largest absolute Gasteiger partial charge is 1.00 e. The fourth-order valence-corrected chi connectivity index (χ4v) is 2.67. The predicted octanol–water partition coefficient (Wildman–Crippen LogP) is 2.99. The van der Waals surface area contributed by atoms with Crippen molar-refractivity contribution in [1.82, 2.24) is 0 Å². The van der Waals surface area contributed by atoms with Crippen molar-refractivity contribution in [2.75, 3.05) is 19.8 Å². The van der Waals surface area contributed by atoms with Crippen molar-refractivity contribution < 1.29 is 51.4 Å². The van der Waals surface area contributed by atoms with Crippen molar-refractivity contribution in [2.45, 2.75) is 111 Å². The summed E-state index contributed by atoms with van der Waals surface area (Å²) in [6, 6.07) is 0. The van der Waals surface area contributed by atoms with E-state index in [1.807, 2.05) is 0 Å². The van der Waals surface area contributed by atoms with Crippen LogP contribution in [0.5, 0.6) is 0 Å². The van der Waals surface area contributed by atoms with Crippen molar-refractivity contribution in [3.8, 4) is 0 Å². The van der Waals surface area contributed by atoms with Crippen LogP contribution in [-0.2, 0) is 19.3 Å². The van der Waals surface area contributed by atoms with Gasteiger partial charge in [-0.3, -0.25) is 4.18 Å². The van der Waals surface area contributed by atoms with Crippen molar-refractivity contribution in [3.05, 3.63) is 0 Å². The summed E-state index contributed by atoms with van der Waals surface area (Å²) in [5.74, 6) is 0. The first-order valence-electron chi connectivity index (χ1n) is 10.7. The Morgan fingerprint density at radius 3 is 1.33 bits per heavy atom. The van der Waals surface area contributed by atoms with Gasteiger partial charge in [-0.05, 0) is 19.3 Å². The minimum absolute atomic E-state index is 0. The molecule has 0 aromatic carbocycles. The van der Waals surface area contributed by atoms with Crippen molar-refractivity contribution in [1.29, 1.82) is 0 Å². The molecule has 0 spiro atoms. The summed E-state index contributed by atoms with van der Waals surface area (Å²) >= 11 is 0. The topological polar surface area (TPSA) is 75.7 Å². The fourth-order valence-electron chi connectivity index (χ4n) is 2.35. The Kier molecular flexibility index (Phi) is 32.3. The predicted molar refractivity (Wildman–Crippen MR) is 108 cm³/mol. The average Bonchev–Trinajstić information content (AvgIpc) is 2.59. The Morgan fingerprint density at radius 1 is 0.593 bits per heavy atom. The summed E-state index contributed by atoms with van der Waals surface area (Å²) < 4.78 is 39.8. The van der Waals surface area contributed by atoms with E-state index in [1.54, 1.807) is 0 Å². The van der Waals surface area contributed by atoms with E-state index in [0.717, 1.165) is 26.1 Å². The molecule has 0 heterocycles. The molecule has 0 aliphatic rings. The van der Waals surface area contributed by atoms with Crippen molar-refractivity contribution in [3.63, 3.8) is 0 Å². The van der Waals surface area contributed by atoms with E-state index in [2.05, 4.69) is 25.0 Å². The molecule has 0 N–H and O–H groups in total. The number of hydrogen-bond acceptors (Lipinski definition) is 5. The molecule has 27 heavy (non-hydrogen) atoms. The molecule has 7 heteroatoms. The molecule has 0 amide bonds. The molecule has 0 radical (unpaired) electrons. The van der Waals surface area contributed by atoms with Crippen molar-refractivity contribution >= 4 is 10.4 Å². The van der Waals surface area contributed by atoms with Gasteiger partial charge >= 0.3 is 29.6 Å². The minimum Gasteiger partial charge on any atom is -0.726 e. The zero-order chi connectivity index (χ0) is 19.9. The monoisotopic (exact) mass is 418 g/mol. The van der Waals surface area contributed by atoms with Gasteiger partial charge in [0.1, 0.15) is 0 Å². The molecule has 0 saturated heterocycles. The van der Waals surface area contributed by atoms with Gasteiger partial charge in [0.25, 0.3) is 0 Å². The van der Waals surface area contributed by atoms with E-state index < -0.39 is 10.4 Å². The normalized spacial score (nSPS) is 10.8. The summed E-state index contributed by atoms with van der Waals surface area (Å²) in [7, 11) is -4.48. The van der Waals surface area contributed by atoms with Gasteiger partial charge in [-0.25, -0.2) is 8.42 Å². The smallest absolute Gasteiger partial charge is 0.726 e. The van der Waals surface area contributed by atoms with Crippen LogP contribution in [0.1, 0.15) is 111 Å². The Morgan fingerprint density at radius 2 is 0.963 bits per heavy atom. The van der Waals surface area contributed by atoms with Gasteiger partial charge in [-0.1, -0.05) is 91.4 Å². The Labute approximate surface area is 191 Å². The minimum atomic E-state index is -4.48. The third-order valence-corrected chi connectivity index (χ3v) is 4.47. The quantitative estimate of drug-likeness (QED) is 0.148. The average molecular weight is 419 g/mol. The molecule has 0 aromatic rings. The third kappa shape index (κ3) is 38.1. The molecular formula is C20H43NaO5S. The second-order valence-corrected chi connectivity index (χ2v) is 7.78. The van der Waals surface area contributed by atoms with Crippen LogP contribution in [0.15, 0.2) is 0 Å². The van der Waals surface area contributed by atoms with E-state index in [0.29, 0.717) is 6.42 Å². The van der Waals surface area contributed by atoms with Crippen LogP contribution < -0.4 is 29.6 Å². The van der Waals surface area contributed by atoms with Gasteiger partial charge in [0.2, 0.25) is 10.4 Å². The Balaban J connectivity index is -0.000000491. The van der Waals surface area contributed by atoms with E-state index >= 15 is 0 Å². The molecule has 0 aliphatic heterocycles. The summed E-state index contributed by atoms with van der Waals surface area (Å²) in [6.07, 6.45) is 16.6. The molecule has 5 nitrogen and oxygen atoms in total. The molecule has 0 atom stereocenters. The van der Waals surface area contributed by atoms with Crippen LogP contribution in [0.2, 0.25) is 0 Å². The van der Waals surface area contributed by atoms with Crippen molar-refractivity contribution in [2.24, 2.45) is 0 Å². The third-order valence-electron chi connectivity index (χ3n) is 4.01.